The second-order valence-corrected chi connectivity index (χ2v) is 10.1. The zero-order valence-corrected chi connectivity index (χ0v) is 19.6. The van der Waals surface area contributed by atoms with Crippen molar-refractivity contribution >= 4 is 17.3 Å². The number of hydrogen-bond donors (Lipinski definition) is 2. The number of pyridine rings is 1. The summed E-state index contributed by atoms with van der Waals surface area (Å²) in [4.78, 5) is 5.12. The Balaban J connectivity index is 1.30. The normalized spacial score (nSPS) is 25.5. The quantitative estimate of drug-likeness (QED) is 0.555. The number of ether oxygens (including phenoxy) is 1. The van der Waals surface area contributed by atoms with E-state index in [1.165, 1.54) is 0 Å². The Hall–Kier alpha value is -2.97. The predicted octanol–water partition coefficient (Wildman–Crippen LogP) is 4.89. The third-order valence-corrected chi connectivity index (χ3v) is 8.06. The van der Waals surface area contributed by atoms with Crippen molar-refractivity contribution in [2.24, 2.45) is 5.92 Å². The van der Waals surface area contributed by atoms with Gasteiger partial charge in [-0.25, -0.2) is 9.37 Å². The third kappa shape index (κ3) is 3.75. The van der Waals surface area contributed by atoms with Crippen LogP contribution in [0.2, 0.25) is 0 Å². The van der Waals surface area contributed by atoms with Gasteiger partial charge in [-0.15, -0.1) is 22.0 Å². The van der Waals surface area contributed by atoms with E-state index in [4.69, 9.17) is 4.74 Å². The number of alkyl halides is 1. The number of thioether (sulfide) groups is 1. The lowest BCUT2D eigenvalue weighted by Crippen LogP contribution is -2.47. The van der Waals surface area contributed by atoms with E-state index < -0.39 is 6.17 Å². The summed E-state index contributed by atoms with van der Waals surface area (Å²) in [6.45, 7) is 0. The van der Waals surface area contributed by atoms with Crippen LogP contribution < -0.4 is 10.1 Å². The standard InChI is InChI=1S/C26H25FN4O2S/c1-33-24-11-15(6-8-28-24)14-2-4-18(22(32)10-14)21-13-23-26(31-30-21)17(7-9-34-23)19-12-16-3-5-20(29-16)25(19)27/h2,4,6-8,10-11,13,16,19-20,25,29,32H,3,5,9,12H2,1H3/t16-,19+,20+,25-/m0/s1. The van der Waals surface area contributed by atoms with E-state index in [1.807, 2.05) is 30.3 Å². The maximum Gasteiger partial charge on any atom is 0.213 e. The average molecular weight is 477 g/mol. The van der Waals surface area contributed by atoms with E-state index in [0.717, 1.165) is 52.3 Å². The number of methoxy groups -OCH3 is 1. The Kier molecular flexibility index (Phi) is 5.50. The molecule has 2 bridgehead atoms. The highest BCUT2D eigenvalue weighted by Gasteiger charge is 2.44. The lowest BCUT2D eigenvalue weighted by atomic mass is 9.82. The van der Waals surface area contributed by atoms with Gasteiger partial charge in [0, 0.05) is 46.5 Å². The summed E-state index contributed by atoms with van der Waals surface area (Å²) in [5.41, 5.74) is 4.74. The molecule has 4 atom stereocenters. The SMILES string of the molecule is COc1cc(-c2ccc(-c3cc4c(nn3)C([C@H]3C[C@@H]5CC[C@@H](N5)[C@H]3F)=CCS4)c(O)c2)ccn1. The number of aromatic nitrogens is 3. The van der Waals surface area contributed by atoms with E-state index >= 15 is 4.39 Å². The first-order valence-corrected chi connectivity index (χ1v) is 12.5. The molecule has 3 aromatic rings. The second-order valence-electron chi connectivity index (χ2n) is 9.07. The maximum atomic E-state index is 15.2. The number of hydrogen-bond acceptors (Lipinski definition) is 7. The van der Waals surface area contributed by atoms with E-state index in [9.17, 15) is 5.11 Å². The molecule has 34 heavy (non-hydrogen) atoms. The van der Waals surface area contributed by atoms with Crippen molar-refractivity contribution in [2.45, 2.75) is 42.4 Å². The number of piperidine rings is 1. The topological polar surface area (TPSA) is 80.2 Å². The van der Waals surface area contributed by atoms with Crippen molar-refractivity contribution in [1.82, 2.24) is 20.5 Å². The zero-order valence-electron chi connectivity index (χ0n) is 18.7. The molecule has 1 aromatic carbocycles. The molecule has 0 unspecified atom stereocenters. The van der Waals surface area contributed by atoms with Crippen LogP contribution in [0, 0.1) is 5.92 Å². The van der Waals surface area contributed by atoms with Crippen LogP contribution in [0.25, 0.3) is 28.0 Å². The number of aromatic hydroxyl groups is 1. The van der Waals surface area contributed by atoms with Gasteiger partial charge in [0.25, 0.3) is 0 Å². The van der Waals surface area contributed by atoms with Crippen LogP contribution in [-0.2, 0) is 0 Å². The number of nitrogens with zero attached hydrogens (tertiary/aromatic N) is 3. The fraction of sp³-hybridized carbons (Fsp3) is 0.346. The number of fused-ring (bicyclic) bond motifs is 3. The second kappa shape index (κ2) is 8.67. The molecular formula is C26H25FN4O2S. The third-order valence-electron chi connectivity index (χ3n) is 7.11. The van der Waals surface area contributed by atoms with Crippen LogP contribution >= 0.6 is 11.8 Å². The van der Waals surface area contributed by atoms with Gasteiger partial charge in [-0.2, -0.15) is 0 Å². The first-order valence-electron chi connectivity index (χ1n) is 11.6. The van der Waals surface area contributed by atoms with Gasteiger partial charge < -0.3 is 15.2 Å². The fourth-order valence-corrected chi connectivity index (χ4v) is 6.32. The number of phenolic OH excluding ortho intramolecular Hbond substituents is 1. The van der Waals surface area contributed by atoms with Gasteiger partial charge >= 0.3 is 0 Å². The summed E-state index contributed by atoms with van der Waals surface area (Å²) in [5.74, 6) is 1.29. The molecule has 174 valence electrons. The Morgan fingerprint density at radius 2 is 2.00 bits per heavy atom. The maximum absolute atomic E-state index is 15.2. The minimum Gasteiger partial charge on any atom is -0.507 e. The van der Waals surface area contributed by atoms with E-state index in [0.29, 0.717) is 23.2 Å². The molecule has 2 saturated heterocycles. The van der Waals surface area contributed by atoms with Gasteiger partial charge in [-0.1, -0.05) is 12.1 Å². The van der Waals surface area contributed by atoms with Crippen LogP contribution in [-0.4, -0.2) is 51.4 Å². The van der Waals surface area contributed by atoms with Crippen molar-refractivity contribution in [3.05, 3.63) is 54.4 Å². The molecule has 2 N–H and O–H groups in total. The Morgan fingerprint density at radius 1 is 1.12 bits per heavy atom. The Labute approximate surface area is 201 Å². The van der Waals surface area contributed by atoms with Crippen LogP contribution in [0.1, 0.15) is 25.0 Å². The van der Waals surface area contributed by atoms with E-state index in [-0.39, 0.29) is 17.7 Å². The predicted molar refractivity (Wildman–Crippen MR) is 131 cm³/mol. The highest BCUT2D eigenvalue weighted by Crippen LogP contribution is 2.45. The molecule has 6 nitrogen and oxygen atoms in total. The Morgan fingerprint density at radius 3 is 2.85 bits per heavy atom. The van der Waals surface area contributed by atoms with Crippen LogP contribution in [0.4, 0.5) is 4.39 Å². The monoisotopic (exact) mass is 476 g/mol. The van der Waals surface area contributed by atoms with Gasteiger partial charge in [0.1, 0.15) is 17.6 Å². The van der Waals surface area contributed by atoms with Crippen molar-refractivity contribution in [3.8, 4) is 34.0 Å². The molecule has 5 heterocycles. The van der Waals surface area contributed by atoms with Crippen LogP contribution in [0.3, 0.4) is 0 Å². The number of nitrogens with one attached hydrogen (secondary N) is 1. The van der Waals surface area contributed by atoms with Gasteiger partial charge in [-0.3, -0.25) is 0 Å². The van der Waals surface area contributed by atoms with Crippen LogP contribution in [0.5, 0.6) is 11.6 Å². The van der Waals surface area contributed by atoms with Gasteiger partial charge in [0.05, 0.1) is 12.8 Å². The minimum absolute atomic E-state index is 0.0502. The average Bonchev–Trinajstić information content (AvgIpc) is 3.29. The van der Waals surface area contributed by atoms with E-state index in [1.54, 1.807) is 31.1 Å². The zero-order chi connectivity index (χ0) is 23.2. The first-order chi connectivity index (χ1) is 16.6. The number of rotatable bonds is 4. The van der Waals surface area contributed by atoms with Gasteiger partial charge in [0.2, 0.25) is 5.88 Å². The summed E-state index contributed by atoms with van der Waals surface area (Å²) >= 11 is 1.67. The smallest absolute Gasteiger partial charge is 0.213 e. The molecule has 0 spiro atoms. The van der Waals surface area contributed by atoms with Gasteiger partial charge in [0.15, 0.2) is 0 Å². The summed E-state index contributed by atoms with van der Waals surface area (Å²) in [6, 6.07) is 11.5. The number of halogens is 1. The fourth-order valence-electron chi connectivity index (χ4n) is 5.39. The van der Waals surface area contributed by atoms with E-state index in [2.05, 4.69) is 26.6 Å². The number of phenols is 1. The summed E-state index contributed by atoms with van der Waals surface area (Å²) in [5, 5.41) is 23.2. The Bertz CT molecular complexity index is 1280. The molecule has 0 saturated carbocycles. The van der Waals surface area contributed by atoms with Crippen molar-refractivity contribution in [1.29, 1.82) is 0 Å². The molecule has 8 heteroatoms. The highest BCUT2D eigenvalue weighted by atomic mass is 32.2. The largest absolute Gasteiger partial charge is 0.507 e. The summed E-state index contributed by atoms with van der Waals surface area (Å²) < 4.78 is 20.4. The molecular weight excluding hydrogens is 451 g/mol. The summed E-state index contributed by atoms with van der Waals surface area (Å²) in [7, 11) is 1.57. The molecule has 0 radical (unpaired) electrons. The molecule has 0 aliphatic carbocycles. The van der Waals surface area contributed by atoms with Crippen molar-refractivity contribution < 1.29 is 14.2 Å². The lowest BCUT2D eigenvalue weighted by molar-refractivity contribution is 0.167. The number of allylic oxidation sites excluding steroid dienone is 1. The molecule has 3 aliphatic rings. The number of benzene rings is 1. The van der Waals surface area contributed by atoms with Crippen molar-refractivity contribution in [2.75, 3.05) is 12.9 Å². The first kappa shape index (κ1) is 21.6. The van der Waals surface area contributed by atoms with Gasteiger partial charge in [-0.05, 0) is 60.2 Å². The molecule has 0 amide bonds. The van der Waals surface area contributed by atoms with Crippen molar-refractivity contribution in [3.63, 3.8) is 0 Å². The molecule has 6 rings (SSSR count). The molecule has 3 aliphatic heterocycles. The minimum atomic E-state index is -0.897. The molecule has 2 fully saturated rings. The lowest BCUT2D eigenvalue weighted by Gasteiger charge is -2.35. The van der Waals surface area contributed by atoms with Crippen LogP contribution in [0.15, 0.2) is 53.6 Å². The highest BCUT2D eigenvalue weighted by molar-refractivity contribution is 7.99. The summed E-state index contributed by atoms with van der Waals surface area (Å²) in [6.07, 6.45) is 5.65. The molecule has 2 aromatic heterocycles.